The van der Waals surface area contributed by atoms with Gasteiger partial charge in [0.05, 0.1) is 10.6 Å². The number of hydrogen-bond donors (Lipinski definition) is 2. The average molecular weight is 342 g/mol. The lowest BCUT2D eigenvalue weighted by atomic mass is 10.1. The molecule has 0 heterocycles. The maximum Gasteiger partial charge on any atom is 0.272 e. The van der Waals surface area contributed by atoms with Crippen LogP contribution in [0.15, 0.2) is 47.6 Å². The Bertz CT molecular complexity index is 818. The van der Waals surface area contributed by atoms with Crippen molar-refractivity contribution in [2.24, 2.45) is 5.10 Å². The van der Waals surface area contributed by atoms with Crippen LogP contribution in [-0.2, 0) is 0 Å². The van der Waals surface area contributed by atoms with E-state index in [1.807, 2.05) is 31.2 Å². The van der Waals surface area contributed by atoms with E-state index >= 15 is 0 Å². The van der Waals surface area contributed by atoms with E-state index in [-0.39, 0.29) is 5.69 Å². The quantitative estimate of drug-likeness (QED) is 0.381. The number of anilines is 1. The lowest BCUT2D eigenvalue weighted by molar-refractivity contribution is -0.385. The second-order valence-electron chi connectivity index (χ2n) is 5.34. The maximum absolute atomic E-state index is 11.0. The van der Waals surface area contributed by atoms with Gasteiger partial charge in [-0.3, -0.25) is 15.5 Å². The van der Waals surface area contributed by atoms with Crippen molar-refractivity contribution in [3.05, 3.63) is 69.3 Å². The highest BCUT2D eigenvalue weighted by Crippen LogP contribution is 2.19. The Balaban J connectivity index is 2.09. The van der Waals surface area contributed by atoms with Crippen LogP contribution in [-0.4, -0.2) is 15.7 Å². The van der Waals surface area contributed by atoms with Crippen LogP contribution in [0, 0.1) is 24.0 Å². The Morgan fingerprint density at radius 2 is 1.88 bits per heavy atom. The summed E-state index contributed by atoms with van der Waals surface area (Å²) in [6.07, 6.45) is 0. The van der Waals surface area contributed by atoms with Crippen LogP contribution >= 0.6 is 12.2 Å². The fourth-order valence-electron chi connectivity index (χ4n) is 2.09. The molecule has 0 saturated heterocycles. The topological polar surface area (TPSA) is 79.6 Å². The third-order valence-electron chi connectivity index (χ3n) is 3.54. The number of rotatable bonds is 4. The molecular formula is C17H18N4O2S. The van der Waals surface area contributed by atoms with Gasteiger partial charge in [0.15, 0.2) is 5.11 Å². The second-order valence-corrected chi connectivity index (χ2v) is 5.74. The molecule has 0 bridgehead atoms. The first-order valence-corrected chi connectivity index (χ1v) is 7.71. The molecule has 0 aliphatic heterocycles. The van der Waals surface area contributed by atoms with Crippen molar-refractivity contribution in [2.45, 2.75) is 20.8 Å². The number of nitro benzene ring substituents is 1. The van der Waals surface area contributed by atoms with E-state index in [2.05, 4.69) is 15.8 Å². The maximum atomic E-state index is 11.0. The first kappa shape index (κ1) is 17.6. The molecule has 24 heavy (non-hydrogen) atoms. The van der Waals surface area contributed by atoms with Crippen molar-refractivity contribution in [2.75, 3.05) is 5.32 Å². The summed E-state index contributed by atoms with van der Waals surface area (Å²) in [5.41, 5.74) is 6.67. The number of nitrogens with zero attached hydrogens (tertiary/aromatic N) is 2. The number of hydrogen-bond acceptors (Lipinski definition) is 4. The van der Waals surface area contributed by atoms with Gasteiger partial charge in [-0.15, -0.1) is 0 Å². The van der Waals surface area contributed by atoms with Gasteiger partial charge in [-0.05, 0) is 44.6 Å². The Morgan fingerprint density at radius 3 is 2.54 bits per heavy atom. The number of hydrazone groups is 1. The third kappa shape index (κ3) is 4.36. The highest BCUT2D eigenvalue weighted by Gasteiger charge is 2.12. The molecule has 0 saturated carbocycles. The molecule has 0 radical (unpaired) electrons. The molecule has 0 aromatic heterocycles. The van der Waals surface area contributed by atoms with Gasteiger partial charge in [-0.25, -0.2) is 0 Å². The summed E-state index contributed by atoms with van der Waals surface area (Å²) in [4.78, 5) is 10.6. The minimum Gasteiger partial charge on any atom is -0.331 e. The van der Waals surface area contributed by atoms with Crippen molar-refractivity contribution in [1.29, 1.82) is 0 Å². The molecule has 0 atom stereocenters. The monoisotopic (exact) mass is 342 g/mol. The van der Waals surface area contributed by atoms with Crippen molar-refractivity contribution >= 4 is 34.4 Å². The fourth-order valence-corrected chi connectivity index (χ4v) is 2.25. The minimum absolute atomic E-state index is 0.0719. The zero-order valence-corrected chi connectivity index (χ0v) is 14.5. The van der Waals surface area contributed by atoms with Crippen molar-refractivity contribution < 1.29 is 4.92 Å². The standard InChI is InChI=1S/C17H18N4O2S/c1-11-6-4-5-7-15(11)18-17(24)20-19-13(3)14-9-8-12(2)16(10-14)21(22)23/h4-10H,1-3H3,(H2,18,20,24)/b19-13-. The van der Waals surface area contributed by atoms with Crippen LogP contribution in [0.3, 0.4) is 0 Å². The zero-order chi connectivity index (χ0) is 17.7. The lowest BCUT2D eigenvalue weighted by Crippen LogP contribution is -2.25. The Kier molecular flexibility index (Phi) is 5.59. The number of para-hydroxylation sites is 1. The average Bonchev–Trinajstić information content (AvgIpc) is 2.55. The fraction of sp³-hybridized carbons (Fsp3) is 0.176. The summed E-state index contributed by atoms with van der Waals surface area (Å²) in [7, 11) is 0. The molecule has 0 aliphatic rings. The van der Waals surface area contributed by atoms with Gasteiger partial charge in [0.2, 0.25) is 0 Å². The van der Waals surface area contributed by atoms with Gasteiger partial charge in [-0.1, -0.05) is 30.3 Å². The SMILES string of the molecule is C/C(=N/NC(=S)Nc1ccccc1C)c1ccc(C)c([N+](=O)[O-])c1. The Labute approximate surface area is 145 Å². The Hall–Kier alpha value is -2.80. The van der Waals surface area contributed by atoms with E-state index in [0.29, 0.717) is 22.0 Å². The minimum atomic E-state index is -0.399. The summed E-state index contributed by atoms with van der Waals surface area (Å²) in [6, 6.07) is 12.8. The third-order valence-corrected chi connectivity index (χ3v) is 3.74. The molecule has 7 heteroatoms. The Morgan fingerprint density at radius 1 is 1.17 bits per heavy atom. The zero-order valence-electron chi connectivity index (χ0n) is 13.7. The molecule has 6 nitrogen and oxygen atoms in total. The molecule has 2 rings (SSSR count). The van der Waals surface area contributed by atoms with Crippen LogP contribution in [0.5, 0.6) is 0 Å². The summed E-state index contributed by atoms with van der Waals surface area (Å²) in [6.45, 7) is 5.44. The summed E-state index contributed by atoms with van der Waals surface area (Å²) in [5, 5.41) is 18.6. The van der Waals surface area contributed by atoms with E-state index in [1.54, 1.807) is 26.0 Å². The summed E-state index contributed by atoms with van der Waals surface area (Å²) in [5.74, 6) is 0. The van der Waals surface area contributed by atoms with Crippen LogP contribution in [0.25, 0.3) is 0 Å². The lowest BCUT2D eigenvalue weighted by Gasteiger charge is -2.10. The van der Waals surface area contributed by atoms with Crippen LogP contribution in [0.2, 0.25) is 0 Å². The first-order valence-electron chi connectivity index (χ1n) is 7.31. The molecular weight excluding hydrogens is 324 g/mol. The number of aryl methyl sites for hydroxylation is 2. The van der Waals surface area contributed by atoms with Crippen LogP contribution < -0.4 is 10.7 Å². The van der Waals surface area contributed by atoms with E-state index in [0.717, 1.165) is 11.3 Å². The highest BCUT2D eigenvalue weighted by atomic mass is 32.1. The van der Waals surface area contributed by atoms with Gasteiger partial charge >= 0.3 is 0 Å². The molecule has 2 N–H and O–H groups in total. The summed E-state index contributed by atoms with van der Waals surface area (Å²) >= 11 is 5.21. The molecule has 2 aromatic carbocycles. The molecule has 124 valence electrons. The summed E-state index contributed by atoms with van der Waals surface area (Å²) < 4.78 is 0. The molecule has 0 spiro atoms. The van der Waals surface area contributed by atoms with E-state index < -0.39 is 4.92 Å². The molecule has 0 amide bonds. The van der Waals surface area contributed by atoms with Crippen molar-refractivity contribution in [3.8, 4) is 0 Å². The molecule has 0 aliphatic carbocycles. The predicted octanol–water partition coefficient (Wildman–Crippen LogP) is 3.92. The van der Waals surface area contributed by atoms with Crippen molar-refractivity contribution in [3.63, 3.8) is 0 Å². The van der Waals surface area contributed by atoms with E-state index in [9.17, 15) is 10.1 Å². The largest absolute Gasteiger partial charge is 0.331 e. The highest BCUT2D eigenvalue weighted by molar-refractivity contribution is 7.80. The van der Waals surface area contributed by atoms with Gasteiger partial charge in [0.25, 0.3) is 5.69 Å². The van der Waals surface area contributed by atoms with E-state index in [1.165, 1.54) is 6.07 Å². The van der Waals surface area contributed by atoms with Gasteiger partial charge in [-0.2, -0.15) is 5.10 Å². The number of nitrogens with one attached hydrogen (secondary N) is 2. The van der Waals surface area contributed by atoms with E-state index in [4.69, 9.17) is 12.2 Å². The molecule has 2 aromatic rings. The predicted molar refractivity (Wildman–Crippen MR) is 101 cm³/mol. The van der Waals surface area contributed by atoms with Crippen LogP contribution in [0.4, 0.5) is 11.4 Å². The van der Waals surface area contributed by atoms with Gasteiger partial charge in [0, 0.05) is 22.9 Å². The molecule has 0 fully saturated rings. The normalized spacial score (nSPS) is 11.0. The second kappa shape index (κ2) is 7.65. The van der Waals surface area contributed by atoms with Gasteiger partial charge in [0.1, 0.15) is 0 Å². The van der Waals surface area contributed by atoms with Crippen molar-refractivity contribution in [1.82, 2.24) is 5.43 Å². The molecule has 0 unspecified atom stereocenters. The smallest absolute Gasteiger partial charge is 0.272 e. The van der Waals surface area contributed by atoms with Crippen LogP contribution in [0.1, 0.15) is 23.6 Å². The number of nitro groups is 1. The van der Waals surface area contributed by atoms with Gasteiger partial charge < -0.3 is 5.32 Å². The first-order chi connectivity index (χ1) is 11.4. The number of benzene rings is 2. The number of thiocarbonyl (C=S) groups is 1.